The number of carbonyl (C=O) groups excluding carboxylic acids is 1. The van der Waals surface area contributed by atoms with Crippen molar-refractivity contribution < 1.29 is 14.3 Å². The SMILES string of the molecule is COC(C)(C)CCC/C(C)=C/CCC(C)CCCC(C)CCCCC(C)CCCC(C)CC/C=C(\C)C(=O)CCC(C)(C)OC. The predicted octanol–water partition coefficient (Wildman–Crippen LogP) is 13.3. The van der Waals surface area contributed by atoms with Gasteiger partial charge in [0.1, 0.15) is 0 Å². The number of ether oxygens (including phenoxy) is 2. The minimum absolute atomic E-state index is 0.00983. The molecule has 0 aliphatic rings. The smallest absolute Gasteiger partial charge is 0.158 e. The molecule has 45 heavy (non-hydrogen) atoms. The number of allylic oxidation sites excluding steroid dienone is 4. The molecule has 0 aliphatic heterocycles. The van der Waals surface area contributed by atoms with Crippen LogP contribution in [0.15, 0.2) is 23.3 Å². The van der Waals surface area contributed by atoms with Gasteiger partial charge in [0.15, 0.2) is 5.78 Å². The summed E-state index contributed by atoms with van der Waals surface area (Å²) in [4.78, 5) is 12.4. The van der Waals surface area contributed by atoms with Gasteiger partial charge in [0.05, 0.1) is 11.2 Å². The monoisotopic (exact) mass is 633 g/mol. The Kier molecular flexibility index (Phi) is 24.6. The van der Waals surface area contributed by atoms with E-state index in [1.807, 2.05) is 27.9 Å². The maximum Gasteiger partial charge on any atom is 0.158 e. The van der Waals surface area contributed by atoms with E-state index < -0.39 is 0 Å². The average molecular weight is 633 g/mol. The lowest BCUT2D eigenvalue weighted by molar-refractivity contribution is -0.116. The van der Waals surface area contributed by atoms with Gasteiger partial charge in [-0.1, -0.05) is 110 Å². The highest BCUT2D eigenvalue weighted by atomic mass is 16.5. The maximum atomic E-state index is 12.4. The van der Waals surface area contributed by atoms with Crippen LogP contribution in [0.1, 0.15) is 191 Å². The molecule has 0 bridgehead atoms. The summed E-state index contributed by atoms with van der Waals surface area (Å²) in [5, 5.41) is 0. The van der Waals surface area contributed by atoms with Crippen molar-refractivity contribution in [1.29, 1.82) is 0 Å². The van der Waals surface area contributed by atoms with Gasteiger partial charge in [0.2, 0.25) is 0 Å². The lowest BCUT2D eigenvalue weighted by atomic mass is 9.90. The molecule has 0 aromatic carbocycles. The second-order valence-electron chi connectivity index (χ2n) is 16.4. The van der Waals surface area contributed by atoms with Crippen LogP contribution < -0.4 is 0 Å². The van der Waals surface area contributed by atoms with Crippen molar-refractivity contribution in [3.05, 3.63) is 23.3 Å². The molecule has 0 saturated heterocycles. The quantitative estimate of drug-likeness (QED) is 0.0467. The number of hydrogen-bond donors (Lipinski definition) is 0. The fraction of sp³-hybridized carbons (Fsp3) is 0.881. The Balaban J connectivity index is 3.88. The second-order valence-corrected chi connectivity index (χ2v) is 16.4. The summed E-state index contributed by atoms with van der Waals surface area (Å²) in [6, 6.07) is 0. The number of carbonyl (C=O) groups is 1. The van der Waals surface area contributed by atoms with E-state index in [-0.39, 0.29) is 17.0 Å². The zero-order valence-corrected chi connectivity index (χ0v) is 32.6. The van der Waals surface area contributed by atoms with E-state index in [0.717, 1.165) is 48.5 Å². The molecule has 0 saturated carbocycles. The van der Waals surface area contributed by atoms with Gasteiger partial charge >= 0.3 is 0 Å². The first-order valence-electron chi connectivity index (χ1n) is 19.1. The summed E-state index contributed by atoms with van der Waals surface area (Å²) in [6.45, 7) is 22.5. The third-order valence-corrected chi connectivity index (χ3v) is 10.5. The standard InChI is InChI=1S/C42H80O3/c1-34(22-15-24-36(3)25-17-27-38(5)29-19-32-41(7,8)44-11)20-13-14-21-35(2)23-16-26-37(4)28-18-30-39(6)40(43)31-33-42(9,10)45-12/h27,30,34-37H,13-26,28-29,31-33H2,1-12H3/b38-27+,39-30+. The van der Waals surface area contributed by atoms with Gasteiger partial charge in [0, 0.05) is 20.6 Å². The zero-order valence-electron chi connectivity index (χ0n) is 32.6. The highest BCUT2D eigenvalue weighted by Gasteiger charge is 2.18. The minimum atomic E-state index is -0.223. The molecule has 0 rings (SSSR count). The normalized spacial score (nSPS) is 16.1. The number of rotatable bonds is 29. The molecule has 4 unspecified atom stereocenters. The zero-order chi connectivity index (χ0) is 34.3. The first-order chi connectivity index (χ1) is 21.1. The Labute approximate surface area is 283 Å². The largest absolute Gasteiger partial charge is 0.379 e. The second kappa shape index (κ2) is 25.1. The van der Waals surface area contributed by atoms with Crippen LogP contribution in [0.3, 0.4) is 0 Å². The first kappa shape index (κ1) is 44.1. The number of unbranched alkanes of at least 4 members (excludes halogenated alkanes) is 1. The summed E-state index contributed by atoms with van der Waals surface area (Å²) < 4.78 is 11.0. The Morgan fingerprint density at radius 1 is 0.556 bits per heavy atom. The minimum Gasteiger partial charge on any atom is -0.379 e. The molecule has 0 fully saturated rings. The van der Waals surface area contributed by atoms with Crippen molar-refractivity contribution in [1.82, 2.24) is 0 Å². The van der Waals surface area contributed by atoms with E-state index in [0.29, 0.717) is 6.42 Å². The fourth-order valence-electron chi connectivity index (χ4n) is 6.22. The number of methoxy groups -OCH3 is 2. The molecule has 0 radical (unpaired) electrons. The molecule has 266 valence electrons. The fourth-order valence-corrected chi connectivity index (χ4v) is 6.22. The predicted molar refractivity (Wildman–Crippen MR) is 199 cm³/mol. The van der Waals surface area contributed by atoms with Crippen molar-refractivity contribution in [2.75, 3.05) is 14.2 Å². The van der Waals surface area contributed by atoms with Crippen LogP contribution in [0.25, 0.3) is 0 Å². The van der Waals surface area contributed by atoms with Crippen LogP contribution in [0, 0.1) is 23.7 Å². The third-order valence-electron chi connectivity index (χ3n) is 10.5. The molecule has 0 aromatic rings. The molecular weight excluding hydrogens is 552 g/mol. The highest BCUT2D eigenvalue weighted by Crippen LogP contribution is 2.25. The number of Topliss-reactive ketones (excluding diaryl/α,β-unsaturated/α-hetero) is 1. The molecule has 0 aromatic heterocycles. The van der Waals surface area contributed by atoms with Gasteiger partial charge in [-0.15, -0.1) is 0 Å². The maximum absolute atomic E-state index is 12.4. The number of ketones is 1. The third kappa shape index (κ3) is 25.8. The van der Waals surface area contributed by atoms with E-state index >= 15 is 0 Å². The Bertz CT molecular complexity index is 805. The molecular formula is C42H80O3. The molecule has 4 atom stereocenters. The molecule has 0 aliphatic carbocycles. The molecule has 3 nitrogen and oxygen atoms in total. The van der Waals surface area contributed by atoms with E-state index in [1.54, 1.807) is 12.7 Å². The van der Waals surface area contributed by atoms with Gasteiger partial charge in [-0.3, -0.25) is 4.79 Å². The summed E-state index contributed by atoms with van der Waals surface area (Å²) in [5.74, 6) is 3.56. The lowest BCUT2D eigenvalue weighted by Crippen LogP contribution is -2.23. The lowest BCUT2D eigenvalue weighted by Gasteiger charge is -2.22. The topological polar surface area (TPSA) is 35.5 Å². The van der Waals surface area contributed by atoms with Crippen molar-refractivity contribution >= 4 is 5.78 Å². The van der Waals surface area contributed by atoms with Gasteiger partial charge < -0.3 is 9.47 Å². The van der Waals surface area contributed by atoms with Crippen LogP contribution in [0.5, 0.6) is 0 Å². The summed E-state index contributed by atoms with van der Waals surface area (Å²) in [7, 11) is 3.54. The van der Waals surface area contributed by atoms with Crippen LogP contribution in [0.4, 0.5) is 0 Å². The van der Waals surface area contributed by atoms with E-state index in [2.05, 4.69) is 60.6 Å². The van der Waals surface area contributed by atoms with Crippen molar-refractivity contribution in [3.63, 3.8) is 0 Å². The van der Waals surface area contributed by atoms with Crippen LogP contribution in [0.2, 0.25) is 0 Å². The summed E-state index contributed by atoms with van der Waals surface area (Å²) >= 11 is 0. The summed E-state index contributed by atoms with van der Waals surface area (Å²) in [5.41, 5.74) is 2.26. The van der Waals surface area contributed by atoms with Gasteiger partial charge in [-0.25, -0.2) is 0 Å². The summed E-state index contributed by atoms with van der Waals surface area (Å²) in [6.07, 6.45) is 28.1. The highest BCUT2D eigenvalue weighted by molar-refractivity contribution is 5.94. The molecule has 0 amide bonds. The molecule has 0 heterocycles. The van der Waals surface area contributed by atoms with E-state index in [9.17, 15) is 4.79 Å². The van der Waals surface area contributed by atoms with Crippen LogP contribution >= 0.6 is 0 Å². The average Bonchev–Trinajstić information content (AvgIpc) is 2.98. The van der Waals surface area contributed by atoms with Crippen molar-refractivity contribution in [3.8, 4) is 0 Å². The van der Waals surface area contributed by atoms with Crippen molar-refractivity contribution in [2.45, 2.75) is 202 Å². The Morgan fingerprint density at radius 3 is 1.42 bits per heavy atom. The van der Waals surface area contributed by atoms with Gasteiger partial charge in [-0.05, 0) is 122 Å². The van der Waals surface area contributed by atoms with Gasteiger partial charge in [-0.2, -0.15) is 0 Å². The van der Waals surface area contributed by atoms with E-state index in [4.69, 9.17) is 9.47 Å². The number of hydrogen-bond acceptors (Lipinski definition) is 3. The van der Waals surface area contributed by atoms with Crippen LogP contribution in [-0.2, 0) is 14.3 Å². The first-order valence-corrected chi connectivity index (χ1v) is 19.1. The molecule has 0 N–H and O–H groups in total. The van der Waals surface area contributed by atoms with Gasteiger partial charge in [0.25, 0.3) is 0 Å². The molecule has 0 spiro atoms. The Morgan fingerprint density at radius 2 is 0.956 bits per heavy atom. The Hall–Kier alpha value is -0.930. The van der Waals surface area contributed by atoms with Crippen molar-refractivity contribution in [2.24, 2.45) is 23.7 Å². The van der Waals surface area contributed by atoms with E-state index in [1.165, 1.54) is 96.3 Å². The molecule has 3 heteroatoms. The van der Waals surface area contributed by atoms with Crippen LogP contribution in [-0.4, -0.2) is 31.2 Å².